The summed E-state index contributed by atoms with van der Waals surface area (Å²) in [6.07, 6.45) is 0.807. The first-order valence-corrected chi connectivity index (χ1v) is 7.33. The summed E-state index contributed by atoms with van der Waals surface area (Å²) in [5.41, 5.74) is 1.01. The third-order valence-electron chi connectivity index (χ3n) is 3.50. The topological polar surface area (TPSA) is 41.6 Å². The number of methoxy groups -OCH3 is 1. The molecule has 0 spiro atoms. The Labute approximate surface area is 126 Å². The number of carbonyl (C=O) groups is 1. The van der Waals surface area contributed by atoms with Crippen LogP contribution in [0.5, 0.6) is 0 Å². The second-order valence-corrected chi connectivity index (χ2v) is 4.99. The van der Waals surface area contributed by atoms with Crippen LogP contribution < -0.4 is 5.32 Å². The molecular weight excluding hydrogens is 271 g/mol. The van der Waals surface area contributed by atoms with E-state index in [4.69, 9.17) is 4.74 Å². The average molecular weight is 296 g/mol. The van der Waals surface area contributed by atoms with E-state index in [-0.39, 0.29) is 17.8 Å². The number of likely N-dealkylation sites (N-methyl/N-ethyl adjacent to an activating group) is 1. The minimum Gasteiger partial charge on any atom is -0.385 e. The van der Waals surface area contributed by atoms with Gasteiger partial charge in [-0.25, -0.2) is 4.39 Å². The van der Waals surface area contributed by atoms with Gasteiger partial charge >= 0.3 is 0 Å². The van der Waals surface area contributed by atoms with Gasteiger partial charge in [0.15, 0.2) is 0 Å². The Morgan fingerprint density at radius 1 is 1.38 bits per heavy atom. The van der Waals surface area contributed by atoms with E-state index in [1.807, 2.05) is 13.8 Å². The lowest BCUT2D eigenvalue weighted by atomic mass is 10.1. The van der Waals surface area contributed by atoms with Crippen LogP contribution >= 0.6 is 0 Å². The van der Waals surface area contributed by atoms with Crippen LogP contribution in [0.25, 0.3) is 0 Å². The third kappa shape index (κ3) is 6.23. The fourth-order valence-corrected chi connectivity index (χ4v) is 2.16. The highest BCUT2D eigenvalue weighted by molar-refractivity contribution is 5.78. The Hall–Kier alpha value is -1.46. The summed E-state index contributed by atoms with van der Waals surface area (Å²) in [6, 6.07) is 6.49. The largest absolute Gasteiger partial charge is 0.385 e. The molecule has 0 aliphatic heterocycles. The van der Waals surface area contributed by atoms with Crippen LogP contribution in [0.2, 0.25) is 0 Å². The lowest BCUT2D eigenvalue weighted by molar-refractivity contribution is -0.122. The number of halogens is 1. The molecule has 0 heterocycles. The molecule has 0 fully saturated rings. The SMILES string of the molecule is CCN(CC(=O)NCCCOC)C(C)c1ccc(F)cc1. The second kappa shape index (κ2) is 9.47. The van der Waals surface area contributed by atoms with Crippen LogP contribution in [0.15, 0.2) is 24.3 Å². The Morgan fingerprint density at radius 3 is 2.62 bits per heavy atom. The molecule has 118 valence electrons. The number of hydrogen-bond acceptors (Lipinski definition) is 3. The van der Waals surface area contributed by atoms with Crippen molar-refractivity contribution in [1.29, 1.82) is 0 Å². The van der Waals surface area contributed by atoms with Gasteiger partial charge in [-0.1, -0.05) is 19.1 Å². The van der Waals surface area contributed by atoms with E-state index in [0.29, 0.717) is 19.7 Å². The Balaban J connectivity index is 2.49. The highest BCUT2D eigenvalue weighted by Crippen LogP contribution is 2.19. The summed E-state index contributed by atoms with van der Waals surface area (Å²) in [4.78, 5) is 14.0. The number of nitrogens with one attached hydrogen (secondary N) is 1. The molecule has 0 aromatic heterocycles. The summed E-state index contributed by atoms with van der Waals surface area (Å²) in [6.45, 7) is 6.39. The molecule has 1 N–H and O–H groups in total. The molecule has 1 aromatic carbocycles. The predicted molar refractivity (Wildman–Crippen MR) is 81.6 cm³/mol. The molecule has 1 amide bonds. The van der Waals surface area contributed by atoms with Crippen molar-refractivity contribution in [3.05, 3.63) is 35.6 Å². The molecule has 1 unspecified atom stereocenters. The van der Waals surface area contributed by atoms with Crippen molar-refractivity contribution in [3.8, 4) is 0 Å². The van der Waals surface area contributed by atoms with Gasteiger partial charge in [0.25, 0.3) is 0 Å². The lowest BCUT2D eigenvalue weighted by Gasteiger charge is -2.27. The molecule has 0 aliphatic carbocycles. The Morgan fingerprint density at radius 2 is 2.05 bits per heavy atom. The predicted octanol–water partition coefficient (Wildman–Crippen LogP) is 2.36. The summed E-state index contributed by atoms with van der Waals surface area (Å²) in [7, 11) is 1.64. The third-order valence-corrected chi connectivity index (χ3v) is 3.50. The van der Waals surface area contributed by atoms with Crippen LogP contribution in [0.4, 0.5) is 4.39 Å². The molecule has 0 saturated heterocycles. The zero-order chi connectivity index (χ0) is 15.7. The molecule has 0 radical (unpaired) electrons. The Kier molecular flexibility index (Phi) is 7.93. The number of nitrogens with zero attached hydrogens (tertiary/aromatic N) is 1. The highest BCUT2D eigenvalue weighted by Gasteiger charge is 2.17. The molecule has 21 heavy (non-hydrogen) atoms. The maximum atomic E-state index is 13.0. The normalized spacial score (nSPS) is 12.4. The fourth-order valence-electron chi connectivity index (χ4n) is 2.16. The van der Waals surface area contributed by atoms with Crippen LogP contribution in [0.1, 0.15) is 31.9 Å². The standard InChI is InChI=1S/C16H25FN2O2/c1-4-19(12-16(20)18-10-5-11-21-3)13(2)14-6-8-15(17)9-7-14/h6-9,13H,4-5,10-12H2,1-3H3,(H,18,20). The van der Waals surface area contributed by atoms with Gasteiger partial charge in [-0.3, -0.25) is 9.69 Å². The molecule has 1 atom stereocenters. The summed E-state index contributed by atoms with van der Waals surface area (Å²) in [5.74, 6) is -0.244. The molecular formula is C16H25FN2O2. The smallest absolute Gasteiger partial charge is 0.234 e. The van der Waals surface area contributed by atoms with Crippen molar-refractivity contribution in [2.24, 2.45) is 0 Å². The second-order valence-electron chi connectivity index (χ2n) is 4.99. The number of benzene rings is 1. The number of carbonyl (C=O) groups excluding carboxylic acids is 1. The van der Waals surface area contributed by atoms with Gasteiger partial charge in [0.2, 0.25) is 5.91 Å². The maximum absolute atomic E-state index is 13.0. The van der Waals surface area contributed by atoms with Crippen molar-refractivity contribution < 1.29 is 13.9 Å². The van der Waals surface area contributed by atoms with Gasteiger partial charge < -0.3 is 10.1 Å². The van der Waals surface area contributed by atoms with Crippen molar-refractivity contribution in [3.63, 3.8) is 0 Å². The zero-order valence-corrected chi connectivity index (χ0v) is 13.1. The molecule has 5 heteroatoms. The molecule has 1 aromatic rings. The molecule has 4 nitrogen and oxygen atoms in total. The van der Waals surface area contributed by atoms with Crippen LogP contribution in [0.3, 0.4) is 0 Å². The van der Waals surface area contributed by atoms with Gasteiger partial charge in [-0.2, -0.15) is 0 Å². The van der Waals surface area contributed by atoms with Crippen LogP contribution in [0, 0.1) is 5.82 Å². The molecule has 1 rings (SSSR count). The van der Waals surface area contributed by atoms with Crippen molar-refractivity contribution >= 4 is 5.91 Å². The maximum Gasteiger partial charge on any atom is 0.234 e. The number of ether oxygens (including phenoxy) is 1. The first-order valence-electron chi connectivity index (χ1n) is 7.33. The van der Waals surface area contributed by atoms with Gasteiger partial charge in [0.1, 0.15) is 5.82 Å². The summed E-state index contributed by atoms with van der Waals surface area (Å²) >= 11 is 0. The Bertz CT molecular complexity index is 423. The minimum atomic E-state index is -0.245. The van der Waals surface area contributed by atoms with Gasteiger partial charge in [0, 0.05) is 26.3 Å². The zero-order valence-electron chi connectivity index (χ0n) is 13.1. The van der Waals surface area contributed by atoms with Gasteiger partial charge in [0.05, 0.1) is 6.54 Å². The summed E-state index contributed by atoms with van der Waals surface area (Å²) < 4.78 is 17.9. The minimum absolute atomic E-state index is 0.00177. The highest BCUT2D eigenvalue weighted by atomic mass is 19.1. The van der Waals surface area contributed by atoms with Crippen LogP contribution in [-0.4, -0.2) is 44.2 Å². The fraction of sp³-hybridized carbons (Fsp3) is 0.562. The number of rotatable bonds is 9. The van der Waals surface area contributed by atoms with E-state index >= 15 is 0 Å². The van der Waals surface area contributed by atoms with E-state index in [1.165, 1.54) is 12.1 Å². The van der Waals surface area contributed by atoms with E-state index in [9.17, 15) is 9.18 Å². The van der Waals surface area contributed by atoms with E-state index in [2.05, 4.69) is 10.2 Å². The number of hydrogen-bond donors (Lipinski definition) is 1. The average Bonchev–Trinajstić information content (AvgIpc) is 2.49. The summed E-state index contributed by atoms with van der Waals surface area (Å²) in [5, 5.41) is 2.88. The van der Waals surface area contributed by atoms with Gasteiger partial charge in [-0.15, -0.1) is 0 Å². The monoisotopic (exact) mass is 296 g/mol. The van der Waals surface area contributed by atoms with Crippen molar-refractivity contribution in [2.75, 3.05) is 33.4 Å². The molecule has 0 saturated carbocycles. The van der Waals surface area contributed by atoms with Crippen molar-refractivity contribution in [1.82, 2.24) is 10.2 Å². The lowest BCUT2D eigenvalue weighted by Crippen LogP contribution is -2.39. The van der Waals surface area contributed by atoms with E-state index < -0.39 is 0 Å². The van der Waals surface area contributed by atoms with Crippen LogP contribution in [-0.2, 0) is 9.53 Å². The first kappa shape index (κ1) is 17.6. The quantitative estimate of drug-likeness (QED) is 0.711. The van der Waals surface area contributed by atoms with E-state index in [0.717, 1.165) is 18.5 Å². The molecule has 0 aliphatic rings. The van der Waals surface area contributed by atoms with Gasteiger partial charge in [-0.05, 0) is 37.6 Å². The van der Waals surface area contributed by atoms with Crippen molar-refractivity contribution in [2.45, 2.75) is 26.3 Å². The van der Waals surface area contributed by atoms with E-state index in [1.54, 1.807) is 19.2 Å². The first-order chi connectivity index (χ1) is 10.1. The number of amides is 1. The molecule has 0 bridgehead atoms.